The molecule has 1 saturated carbocycles. The van der Waals surface area contributed by atoms with Gasteiger partial charge in [-0.05, 0) is 25.2 Å². The number of anilines is 1. The highest BCUT2D eigenvalue weighted by molar-refractivity contribution is 7.13. The van der Waals surface area contributed by atoms with Gasteiger partial charge in [0.25, 0.3) is 0 Å². The number of nitrogens with zero attached hydrogens (tertiary/aromatic N) is 1. The van der Waals surface area contributed by atoms with E-state index in [1.807, 2.05) is 12.3 Å². The first kappa shape index (κ1) is 13.5. The van der Waals surface area contributed by atoms with E-state index in [9.17, 15) is 4.79 Å². The minimum Gasteiger partial charge on any atom is -0.303 e. The number of amides is 1. The molecule has 1 aliphatic carbocycles. The maximum atomic E-state index is 12.0. The Morgan fingerprint density at radius 3 is 2.94 bits per heavy atom. The lowest BCUT2D eigenvalue weighted by Crippen LogP contribution is -2.47. The summed E-state index contributed by atoms with van der Waals surface area (Å²) in [5.74, 6) is -0.00681. The minimum absolute atomic E-state index is 0.00681. The molecule has 0 aromatic carbocycles. The van der Waals surface area contributed by atoms with Crippen molar-refractivity contribution in [3.8, 4) is 0 Å². The second kappa shape index (κ2) is 5.36. The zero-order valence-electron chi connectivity index (χ0n) is 11.2. The van der Waals surface area contributed by atoms with Crippen molar-refractivity contribution in [3.63, 3.8) is 0 Å². The summed E-state index contributed by atoms with van der Waals surface area (Å²) in [6, 6.07) is 0.241. The van der Waals surface area contributed by atoms with Gasteiger partial charge in [-0.3, -0.25) is 4.79 Å². The van der Waals surface area contributed by atoms with Gasteiger partial charge in [0.1, 0.15) is 0 Å². The Balaban J connectivity index is 1.87. The van der Waals surface area contributed by atoms with Crippen LogP contribution in [0.15, 0.2) is 11.6 Å². The summed E-state index contributed by atoms with van der Waals surface area (Å²) in [4.78, 5) is 16.1. The smallest absolute Gasteiger partial charge is 0.243 e. The summed E-state index contributed by atoms with van der Waals surface area (Å²) in [6.45, 7) is 6.45. The first-order valence-corrected chi connectivity index (χ1v) is 7.33. The predicted octanol–water partition coefficient (Wildman–Crippen LogP) is 2.64. The average molecular weight is 267 g/mol. The molecule has 2 atom stereocenters. The molecular formula is C13H21N3OS. The number of nitrogens with one attached hydrogen (secondary N) is 2. The van der Waals surface area contributed by atoms with Crippen molar-refractivity contribution in [1.82, 2.24) is 10.3 Å². The van der Waals surface area contributed by atoms with E-state index in [1.54, 1.807) is 6.20 Å². The molecule has 1 aliphatic rings. The van der Waals surface area contributed by atoms with Crippen LogP contribution in [0.3, 0.4) is 0 Å². The Bertz CT molecular complexity index is 402. The van der Waals surface area contributed by atoms with Crippen LogP contribution in [0.5, 0.6) is 0 Å². The van der Waals surface area contributed by atoms with Crippen LogP contribution >= 0.6 is 11.3 Å². The van der Waals surface area contributed by atoms with E-state index in [1.165, 1.54) is 24.2 Å². The monoisotopic (exact) mass is 267 g/mol. The maximum absolute atomic E-state index is 12.0. The third kappa shape index (κ3) is 3.09. The third-order valence-electron chi connectivity index (χ3n) is 3.76. The highest BCUT2D eigenvalue weighted by Gasteiger charge is 2.35. The summed E-state index contributed by atoms with van der Waals surface area (Å²) in [7, 11) is 0. The Morgan fingerprint density at radius 2 is 2.39 bits per heavy atom. The second-order valence-electron chi connectivity index (χ2n) is 5.65. The van der Waals surface area contributed by atoms with Crippen LogP contribution in [0.1, 0.15) is 40.0 Å². The molecule has 2 N–H and O–H groups in total. The number of hydrogen-bond acceptors (Lipinski definition) is 4. The lowest BCUT2D eigenvalue weighted by molar-refractivity contribution is -0.118. The highest BCUT2D eigenvalue weighted by Crippen LogP contribution is 2.37. The SMILES string of the molecule is C[C@@H](N[C@H]1CCCC1(C)C)C(=O)Nc1nccs1. The van der Waals surface area contributed by atoms with Gasteiger partial charge < -0.3 is 10.6 Å². The molecule has 18 heavy (non-hydrogen) atoms. The van der Waals surface area contributed by atoms with Gasteiger partial charge in [0.05, 0.1) is 6.04 Å². The van der Waals surface area contributed by atoms with E-state index < -0.39 is 0 Å². The predicted molar refractivity (Wildman–Crippen MR) is 74.8 cm³/mol. The van der Waals surface area contributed by atoms with Crippen LogP contribution < -0.4 is 10.6 Å². The Morgan fingerprint density at radius 1 is 1.61 bits per heavy atom. The number of carbonyl (C=O) groups excluding carboxylic acids is 1. The Kier molecular flexibility index (Phi) is 4.02. The fourth-order valence-corrected chi connectivity index (χ4v) is 3.04. The van der Waals surface area contributed by atoms with Crippen molar-refractivity contribution >= 4 is 22.4 Å². The molecule has 100 valence electrons. The summed E-state index contributed by atoms with van der Waals surface area (Å²) in [6.07, 6.45) is 5.32. The third-order valence-corrected chi connectivity index (χ3v) is 4.45. The van der Waals surface area contributed by atoms with Gasteiger partial charge in [0.15, 0.2) is 5.13 Å². The molecule has 0 aliphatic heterocycles. The molecule has 0 bridgehead atoms. The molecule has 1 aromatic rings. The second-order valence-corrected chi connectivity index (χ2v) is 6.54. The minimum atomic E-state index is -0.184. The fraction of sp³-hybridized carbons (Fsp3) is 0.692. The van der Waals surface area contributed by atoms with Crippen molar-refractivity contribution in [2.24, 2.45) is 5.41 Å². The van der Waals surface area contributed by atoms with E-state index >= 15 is 0 Å². The van der Waals surface area contributed by atoms with Crippen molar-refractivity contribution in [1.29, 1.82) is 0 Å². The summed E-state index contributed by atoms with van der Waals surface area (Å²) < 4.78 is 0. The molecule has 4 nitrogen and oxygen atoms in total. The number of carbonyl (C=O) groups is 1. The molecule has 0 spiro atoms. The van der Waals surface area contributed by atoms with Gasteiger partial charge in [-0.2, -0.15) is 0 Å². The highest BCUT2D eigenvalue weighted by atomic mass is 32.1. The summed E-state index contributed by atoms with van der Waals surface area (Å²) in [5.41, 5.74) is 0.287. The zero-order valence-corrected chi connectivity index (χ0v) is 12.0. The zero-order chi connectivity index (χ0) is 13.2. The Labute approximate surface area is 112 Å². The van der Waals surface area contributed by atoms with E-state index in [0.717, 1.165) is 6.42 Å². The van der Waals surface area contributed by atoms with Crippen molar-refractivity contribution in [2.75, 3.05) is 5.32 Å². The van der Waals surface area contributed by atoms with Gasteiger partial charge in [0, 0.05) is 17.6 Å². The van der Waals surface area contributed by atoms with Crippen LogP contribution in [-0.2, 0) is 4.79 Å². The molecule has 1 amide bonds. The standard InChI is InChI=1S/C13H21N3OS/c1-9(11(17)16-12-14-7-8-18-12)15-10-5-4-6-13(10,2)3/h7-10,15H,4-6H2,1-3H3,(H,14,16,17)/t9-,10+/m1/s1. The first-order valence-electron chi connectivity index (χ1n) is 6.45. The quantitative estimate of drug-likeness (QED) is 0.881. The first-order chi connectivity index (χ1) is 8.49. The van der Waals surface area contributed by atoms with Crippen LogP contribution in [0.2, 0.25) is 0 Å². The number of rotatable bonds is 4. The van der Waals surface area contributed by atoms with Gasteiger partial charge in [-0.15, -0.1) is 11.3 Å². The van der Waals surface area contributed by atoms with Crippen molar-refractivity contribution < 1.29 is 4.79 Å². The summed E-state index contributed by atoms with van der Waals surface area (Å²) >= 11 is 1.44. The van der Waals surface area contributed by atoms with Gasteiger partial charge in [-0.1, -0.05) is 20.3 Å². The molecule has 0 unspecified atom stereocenters. The average Bonchev–Trinajstić information content (AvgIpc) is 2.89. The maximum Gasteiger partial charge on any atom is 0.243 e. The van der Waals surface area contributed by atoms with E-state index in [-0.39, 0.29) is 17.4 Å². The van der Waals surface area contributed by atoms with Crippen molar-refractivity contribution in [2.45, 2.75) is 52.1 Å². The molecule has 1 aromatic heterocycles. The van der Waals surface area contributed by atoms with Crippen molar-refractivity contribution in [3.05, 3.63) is 11.6 Å². The summed E-state index contributed by atoms with van der Waals surface area (Å²) in [5, 5.41) is 8.80. The molecule has 1 heterocycles. The van der Waals surface area contributed by atoms with Crippen LogP contribution in [-0.4, -0.2) is 23.0 Å². The van der Waals surface area contributed by atoms with Gasteiger partial charge in [-0.25, -0.2) is 4.98 Å². The lowest BCUT2D eigenvalue weighted by Gasteiger charge is -2.30. The van der Waals surface area contributed by atoms with Crippen LogP contribution in [0.25, 0.3) is 0 Å². The lowest BCUT2D eigenvalue weighted by atomic mass is 9.87. The van der Waals surface area contributed by atoms with Gasteiger partial charge >= 0.3 is 0 Å². The Hall–Kier alpha value is -0.940. The van der Waals surface area contributed by atoms with E-state index in [2.05, 4.69) is 29.5 Å². The van der Waals surface area contributed by atoms with Gasteiger partial charge in [0.2, 0.25) is 5.91 Å². The largest absolute Gasteiger partial charge is 0.303 e. The topological polar surface area (TPSA) is 54.0 Å². The number of hydrogen-bond donors (Lipinski definition) is 2. The molecule has 0 saturated heterocycles. The van der Waals surface area contributed by atoms with Crippen LogP contribution in [0, 0.1) is 5.41 Å². The number of aromatic nitrogens is 1. The van der Waals surface area contributed by atoms with E-state index in [4.69, 9.17) is 0 Å². The fourth-order valence-electron chi connectivity index (χ4n) is 2.51. The molecule has 2 rings (SSSR count). The molecule has 5 heteroatoms. The normalized spacial score (nSPS) is 23.8. The van der Waals surface area contributed by atoms with Crippen LogP contribution in [0.4, 0.5) is 5.13 Å². The molecule has 1 fully saturated rings. The molecular weight excluding hydrogens is 246 g/mol. The number of thiazole rings is 1. The molecule has 0 radical (unpaired) electrons. The van der Waals surface area contributed by atoms with E-state index in [0.29, 0.717) is 11.2 Å².